The SMILES string of the molecule is C=CCNC(=O)CCc1nc(-c2ccccc2)no1. The van der Waals surface area contributed by atoms with Crippen LogP contribution in [0.15, 0.2) is 47.5 Å². The number of aryl methyl sites for hydroxylation is 1. The third kappa shape index (κ3) is 3.77. The van der Waals surface area contributed by atoms with Gasteiger partial charge in [0.25, 0.3) is 0 Å². The quantitative estimate of drug-likeness (QED) is 0.803. The van der Waals surface area contributed by atoms with E-state index in [1.54, 1.807) is 6.08 Å². The lowest BCUT2D eigenvalue weighted by atomic mass is 10.2. The monoisotopic (exact) mass is 257 g/mol. The van der Waals surface area contributed by atoms with Crippen LogP contribution in [-0.2, 0) is 11.2 Å². The molecule has 0 fully saturated rings. The van der Waals surface area contributed by atoms with Crippen molar-refractivity contribution in [2.45, 2.75) is 12.8 Å². The summed E-state index contributed by atoms with van der Waals surface area (Å²) in [6.07, 6.45) is 2.39. The number of carbonyl (C=O) groups excluding carboxylic acids is 1. The van der Waals surface area contributed by atoms with Crippen LogP contribution >= 0.6 is 0 Å². The molecule has 0 saturated heterocycles. The molecule has 19 heavy (non-hydrogen) atoms. The maximum absolute atomic E-state index is 11.4. The Morgan fingerprint density at radius 1 is 1.37 bits per heavy atom. The van der Waals surface area contributed by atoms with Gasteiger partial charge in [-0.1, -0.05) is 41.6 Å². The smallest absolute Gasteiger partial charge is 0.227 e. The number of rotatable bonds is 6. The predicted octanol–water partition coefficient (Wildman–Crippen LogP) is 1.97. The lowest BCUT2D eigenvalue weighted by molar-refractivity contribution is -0.120. The first-order chi connectivity index (χ1) is 9.29. The first-order valence-corrected chi connectivity index (χ1v) is 6.05. The maximum Gasteiger partial charge on any atom is 0.227 e. The van der Waals surface area contributed by atoms with Crippen LogP contribution in [0.4, 0.5) is 0 Å². The fourth-order valence-electron chi connectivity index (χ4n) is 1.56. The minimum absolute atomic E-state index is 0.0561. The highest BCUT2D eigenvalue weighted by Crippen LogP contribution is 2.15. The average molecular weight is 257 g/mol. The highest BCUT2D eigenvalue weighted by atomic mass is 16.5. The van der Waals surface area contributed by atoms with Crippen LogP contribution in [0.5, 0.6) is 0 Å². The molecule has 98 valence electrons. The Balaban J connectivity index is 1.91. The molecule has 2 aromatic rings. The number of carbonyl (C=O) groups is 1. The normalized spacial score (nSPS) is 10.1. The molecule has 1 heterocycles. The van der Waals surface area contributed by atoms with Crippen molar-refractivity contribution < 1.29 is 9.32 Å². The molecule has 1 aromatic heterocycles. The molecule has 0 bridgehead atoms. The zero-order valence-corrected chi connectivity index (χ0v) is 10.5. The van der Waals surface area contributed by atoms with E-state index in [1.807, 2.05) is 30.3 Å². The Morgan fingerprint density at radius 3 is 2.89 bits per heavy atom. The molecule has 0 unspecified atom stereocenters. The number of nitrogens with one attached hydrogen (secondary N) is 1. The molecular weight excluding hydrogens is 242 g/mol. The Hall–Kier alpha value is -2.43. The Labute approximate surface area is 111 Å². The van der Waals surface area contributed by atoms with Gasteiger partial charge in [0, 0.05) is 24.9 Å². The molecule has 5 nitrogen and oxygen atoms in total. The summed E-state index contributed by atoms with van der Waals surface area (Å²) in [5, 5.41) is 6.59. The molecule has 2 rings (SSSR count). The van der Waals surface area contributed by atoms with Gasteiger partial charge < -0.3 is 9.84 Å². The molecule has 0 radical (unpaired) electrons. The lowest BCUT2D eigenvalue weighted by Crippen LogP contribution is -2.23. The van der Waals surface area contributed by atoms with Crippen LogP contribution in [0.1, 0.15) is 12.3 Å². The van der Waals surface area contributed by atoms with E-state index in [9.17, 15) is 4.79 Å². The molecule has 1 N–H and O–H groups in total. The summed E-state index contributed by atoms with van der Waals surface area (Å²) in [7, 11) is 0. The van der Waals surface area contributed by atoms with Gasteiger partial charge in [0.15, 0.2) is 0 Å². The summed E-state index contributed by atoms with van der Waals surface area (Å²) in [4.78, 5) is 15.7. The summed E-state index contributed by atoms with van der Waals surface area (Å²) < 4.78 is 5.11. The molecule has 0 aliphatic heterocycles. The van der Waals surface area contributed by atoms with Crippen molar-refractivity contribution in [3.63, 3.8) is 0 Å². The summed E-state index contributed by atoms with van der Waals surface area (Å²) in [6.45, 7) is 4.00. The topological polar surface area (TPSA) is 68.0 Å². The summed E-state index contributed by atoms with van der Waals surface area (Å²) in [5.41, 5.74) is 0.897. The number of amides is 1. The predicted molar refractivity (Wildman–Crippen MR) is 71.3 cm³/mol. The number of benzene rings is 1. The van der Waals surface area contributed by atoms with Crippen LogP contribution in [0.2, 0.25) is 0 Å². The number of aromatic nitrogens is 2. The van der Waals surface area contributed by atoms with Crippen LogP contribution in [-0.4, -0.2) is 22.6 Å². The molecule has 1 amide bonds. The van der Waals surface area contributed by atoms with E-state index in [2.05, 4.69) is 22.0 Å². The molecular formula is C14H15N3O2. The van der Waals surface area contributed by atoms with E-state index < -0.39 is 0 Å². The van der Waals surface area contributed by atoms with Gasteiger partial charge in [-0.25, -0.2) is 0 Å². The fourth-order valence-corrected chi connectivity index (χ4v) is 1.56. The van der Waals surface area contributed by atoms with E-state index in [-0.39, 0.29) is 5.91 Å². The molecule has 0 spiro atoms. The highest BCUT2D eigenvalue weighted by molar-refractivity contribution is 5.76. The van der Waals surface area contributed by atoms with E-state index >= 15 is 0 Å². The number of hydrogen-bond donors (Lipinski definition) is 1. The minimum Gasteiger partial charge on any atom is -0.353 e. The minimum atomic E-state index is -0.0561. The Morgan fingerprint density at radius 2 is 2.16 bits per heavy atom. The van der Waals surface area contributed by atoms with Crippen LogP contribution in [0.3, 0.4) is 0 Å². The largest absolute Gasteiger partial charge is 0.353 e. The molecule has 0 atom stereocenters. The van der Waals surface area contributed by atoms with Crippen LogP contribution in [0, 0.1) is 0 Å². The van der Waals surface area contributed by atoms with Crippen molar-refractivity contribution in [1.82, 2.24) is 15.5 Å². The van der Waals surface area contributed by atoms with Crippen LogP contribution in [0.25, 0.3) is 11.4 Å². The van der Waals surface area contributed by atoms with Gasteiger partial charge in [-0.3, -0.25) is 4.79 Å². The fraction of sp³-hybridized carbons (Fsp3) is 0.214. The summed E-state index contributed by atoms with van der Waals surface area (Å²) in [5.74, 6) is 0.953. The third-order valence-electron chi connectivity index (χ3n) is 2.51. The van der Waals surface area contributed by atoms with Gasteiger partial charge in [-0.15, -0.1) is 6.58 Å². The first kappa shape index (κ1) is 13.0. The molecule has 0 aliphatic carbocycles. The van der Waals surface area contributed by atoms with Gasteiger partial charge in [0.2, 0.25) is 17.6 Å². The van der Waals surface area contributed by atoms with Crippen molar-refractivity contribution >= 4 is 5.91 Å². The van der Waals surface area contributed by atoms with Gasteiger partial charge >= 0.3 is 0 Å². The van der Waals surface area contributed by atoms with E-state index in [0.29, 0.717) is 31.1 Å². The summed E-state index contributed by atoms with van der Waals surface area (Å²) in [6, 6.07) is 9.56. The van der Waals surface area contributed by atoms with Gasteiger partial charge in [0.05, 0.1) is 0 Å². The Bertz CT molecular complexity index is 549. The molecule has 0 saturated carbocycles. The van der Waals surface area contributed by atoms with E-state index in [0.717, 1.165) is 5.56 Å². The third-order valence-corrected chi connectivity index (χ3v) is 2.51. The van der Waals surface area contributed by atoms with Crippen molar-refractivity contribution in [2.75, 3.05) is 6.54 Å². The van der Waals surface area contributed by atoms with Crippen molar-refractivity contribution in [3.05, 3.63) is 48.9 Å². The number of nitrogens with zero attached hydrogens (tertiary/aromatic N) is 2. The van der Waals surface area contributed by atoms with Gasteiger partial charge in [-0.2, -0.15) is 4.98 Å². The summed E-state index contributed by atoms with van der Waals surface area (Å²) >= 11 is 0. The zero-order chi connectivity index (χ0) is 13.5. The lowest BCUT2D eigenvalue weighted by Gasteiger charge is -1.98. The highest BCUT2D eigenvalue weighted by Gasteiger charge is 2.09. The zero-order valence-electron chi connectivity index (χ0n) is 10.5. The second-order valence-corrected chi connectivity index (χ2v) is 3.97. The van der Waals surface area contributed by atoms with Crippen molar-refractivity contribution in [3.8, 4) is 11.4 Å². The van der Waals surface area contributed by atoms with Gasteiger partial charge in [0.1, 0.15) is 0 Å². The second-order valence-electron chi connectivity index (χ2n) is 3.97. The average Bonchev–Trinajstić information content (AvgIpc) is 2.93. The first-order valence-electron chi connectivity index (χ1n) is 6.05. The number of hydrogen-bond acceptors (Lipinski definition) is 4. The molecule has 0 aliphatic rings. The van der Waals surface area contributed by atoms with Crippen molar-refractivity contribution in [1.29, 1.82) is 0 Å². The van der Waals surface area contributed by atoms with E-state index in [4.69, 9.17) is 4.52 Å². The molecule has 5 heteroatoms. The van der Waals surface area contributed by atoms with E-state index in [1.165, 1.54) is 0 Å². The van der Waals surface area contributed by atoms with Gasteiger partial charge in [-0.05, 0) is 0 Å². The second kappa shape index (κ2) is 6.49. The standard InChI is InChI=1S/C14H15N3O2/c1-2-10-15-12(18)8-9-13-16-14(17-19-13)11-6-4-3-5-7-11/h2-7H,1,8-10H2,(H,15,18). The van der Waals surface area contributed by atoms with Crippen LogP contribution < -0.4 is 5.32 Å². The molecule has 1 aromatic carbocycles. The maximum atomic E-state index is 11.4. The van der Waals surface area contributed by atoms with Crippen molar-refractivity contribution in [2.24, 2.45) is 0 Å². The Kier molecular flexibility index (Phi) is 4.44.